The van der Waals surface area contributed by atoms with Crippen molar-refractivity contribution < 1.29 is 24.2 Å². The van der Waals surface area contributed by atoms with E-state index in [1.165, 1.54) is 0 Å². The highest BCUT2D eigenvalue weighted by atomic mass is 16.5. The van der Waals surface area contributed by atoms with Crippen LogP contribution in [0.25, 0.3) is 0 Å². The zero-order valence-electron chi connectivity index (χ0n) is 23.0. The molecule has 1 aromatic carbocycles. The van der Waals surface area contributed by atoms with Crippen molar-refractivity contribution in [3.8, 4) is 23.5 Å². The molecular weight excluding hydrogens is 484 g/mol. The minimum Gasteiger partial charge on any atom is -0.497 e. The Bertz CT molecular complexity index is 1170. The van der Waals surface area contributed by atoms with Crippen LogP contribution in [0.15, 0.2) is 36.5 Å². The number of aliphatic hydroxyl groups is 1. The van der Waals surface area contributed by atoms with Crippen LogP contribution in [-0.4, -0.2) is 77.8 Å². The number of pyridine rings is 1. The lowest BCUT2D eigenvalue weighted by Crippen LogP contribution is -2.50. The lowest BCUT2D eigenvalue weighted by atomic mass is 10.00. The summed E-state index contributed by atoms with van der Waals surface area (Å²) in [6.45, 7) is 8.38. The summed E-state index contributed by atoms with van der Waals surface area (Å²) >= 11 is 0. The molecule has 0 saturated carbocycles. The molecular formula is C29H38N4O5. The van der Waals surface area contributed by atoms with Crippen molar-refractivity contribution in [2.45, 2.75) is 46.3 Å². The zero-order chi connectivity index (χ0) is 27.8. The number of anilines is 1. The topological polar surface area (TPSA) is 104 Å². The van der Waals surface area contributed by atoms with Crippen LogP contribution in [0.2, 0.25) is 0 Å². The number of amides is 3. The molecule has 1 aliphatic heterocycles. The number of nitrogens with zero attached hydrogens (tertiary/aromatic N) is 3. The van der Waals surface area contributed by atoms with E-state index in [2.05, 4.69) is 36.0 Å². The van der Waals surface area contributed by atoms with Gasteiger partial charge in [-0.25, -0.2) is 9.78 Å². The molecule has 0 radical (unpaired) electrons. The molecule has 2 N–H and O–H groups in total. The number of fused-ring (bicyclic) bond motifs is 1. The number of aromatic nitrogens is 1. The molecule has 9 heteroatoms. The molecule has 1 aliphatic rings. The predicted molar refractivity (Wildman–Crippen MR) is 146 cm³/mol. The van der Waals surface area contributed by atoms with Crippen LogP contribution in [0.4, 0.5) is 10.5 Å². The number of methoxy groups -OCH3 is 1. The van der Waals surface area contributed by atoms with Gasteiger partial charge in [0, 0.05) is 43.4 Å². The Morgan fingerprint density at radius 1 is 1.32 bits per heavy atom. The van der Waals surface area contributed by atoms with Crippen LogP contribution in [0, 0.1) is 23.7 Å². The zero-order valence-corrected chi connectivity index (χ0v) is 23.0. The van der Waals surface area contributed by atoms with Crippen LogP contribution in [0.3, 0.4) is 0 Å². The number of benzene rings is 1. The second-order valence-electron chi connectivity index (χ2n) is 10.1. The first kappa shape index (κ1) is 28.8. The van der Waals surface area contributed by atoms with Crippen LogP contribution in [0.1, 0.15) is 50.0 Å². The van der Waals surface area contributed by atoms with Crippen molar-refractivity contribution in [1.29, 1.82) is 0 Å². The number of likely N-dealkylation sites (N-methyl/N-ethyl adjacent to an activating group) is 1. The monoisotopic (exact) mass is 522 g/mol. The summed E-state index contributed by atoms with van der Waals surface area (Å²) in [5.74, 6) is 7.12. The third-order valence-electron chi connectivity index (χ3n) is 6.41. The second-order valence-corrected chi connectivity index (χ2v) is 10.1. The maximum atomic E-state index is 13.5. The van der Waals surface area contributed by atoms with Gasteiger partial charge < -0.3 is 29.7 Å². The first-order valence-electron chi connectivity index (χ1n) is 12.9. The number of carbonyl (C=O) groups is 2. The molecule has 3 atom stereocenters. The summed E-state index contributed by atoms with van der Waals surface area (Å²) in [6, 6.07) is 8.07. The molecule has 204 valence electrons. The molecule has 3 rings (SSSR count). The highest BCUT2D eigenvalue weighted by Gasteiger charge is 2.34. The van der Waals surface area contributed by atoms with E-state index < -0.39 is 12.1 Å². The van der Waals surface area contributed by atoms with Crippen molar-refractivity contribution in [3.05, 3.63) is 47.7 Å². The molecule has 0 fully saturated rings. The van der Waals surface area contributed by atoms with Gasteiger partial charge in [0.2, 0.25) is 5.88 Å². The molecule has 0 bridgehead atoms. The molecule has 1 aromatic heterocycles. The Kier molecular flexibility index (Phi) is 9.97. The first-order chi connectivity index (χ1) is 18.1. The Morgan fingerprint density at radius 3 is 2.66 bits per heavy atom. The summed E-state index contributed by atoms with van der Waals surface area (Å²) in [6.07, 6.45) is 1.88. The van der Waals surface area contributed by atoms with Gasteiger partial charge in [-0.2, -0.15) is 0 Å². The van der Waals surface area contributed by atoms with E-state index in [1.807, 2.05) is 6.92 Å². The summed E-state index contributed by atoms with van der Waals surface area (Å²) < 4.78 is 11.4. The molecule has 0 saturated heterocycles. The largest absolute Gasteiger partial charge is 0.497 e. The van der Waals surface area contributed by atoms with Crippen molar-refractivity contribution in [3.63, 3.8) is 0 Å². The van der Waals surface area contributed by atoms with Crippen LogP contribution in [0.5, 0.6) is 11.6 Å². The van der Waals surface area contributed by atoms with E-state index >= 15 is 0 Å². The number of ether oxygens (including phenoxy) is 2. The molecule has 38 heavy (non-hydrogen) atoms. The highest BCUT2D eigenvalue weighted by Crippen LogP contribution is 2.27. The third kappa shape index (κ3) is 7.39. The number of urea groups is 1. The average molecular weight is 523 g/mol. The van der Waals surface area contributed by atoms with E-state index in [4.69, 9.17) is 9.47 Å². The Hall–Kier alpha value is -3.77. The molecule has 9 nitrogen and oxygen atoms in total. The van der Waals surface area contributed by atoms with E-state index in [9.17, 15) is 14.7 Å². The van der Waals surface area contributed by atoms with Gasteiger partial charge in [-0.15, -0.1) is 0 Å². The fourth-order valence-electron chi connectivity index (χ4n) is 3.99. The number of aliphatic hydroxyl groups excluding tert-OH is 1. The van der Waals surface area contributed by atoms with Crippen LogP contribution < -0.4 is 14.8 Å². The molecule has 2 heterocycles. The quantitative estimate of drug-likeness (QED) is 0.535. The summed E-state index contributed by atoms with van der Waals surface area (Å²) in [4.78, 5) is 34.1. The van der Waals surface area contributed by atoms with Gasteiger partial charge in [0.1, 0.15) is 17.4 Å². The molecule has 0 unspecified atom stereocenters. The molecule has 0 spiro atoms. The maximum absolute atomic E-state index is 13.5. The van der Waals surface area contributed by atoms with Gasteiger partial charge in [0.05, 0.1) is 26.3 Å². The Morgan fingerprint density at radius 2 is 2.03 bits per heavy atom. The van der Waals surface area contributed by atoms with Crippen molar-refractivity contribution in [2.24, 2.45) is 11.8 Å². The SMILES string of the molecule is COc1ccc(NC(=O)N(C)C[C@@H]2Oc3ncc(C#CCC(C)C)cc3C(=O)N([C@H](C)CO)C[C@H]2C)cc1. The lowest BCUT2D eigenvalue weighted by molar-refractivity contribution is 0.0356. The third-order valence-corrected chi connectivity index (χ3v) is 6.41. The van der Waals surface area contributed by atoms with Gasteiger partial charge in [-0.3, -0.25) is 4.79 Å². The van der Waals surface area contributed by atoms with Crippen molar-refractivity contribution in [1.82, 2.24) is 14.8 Å². The smallest absolute Gasteiger partial charge is 0.321 e. The van der Waals surface area contributed by atoms with Gasteiger partial charge in [0.15, 0.2) is 0 Å². The second kappa shape index (κ2) is 13.2. The fourth-order valence-corrected chi connectivity index (χ4v) is 3.99. The van der Waals surface area contributed by atoms with Crippen LogP contribution in [-0.2, 0) is 0 Å². The number of rotatable bonds is 7. The number of nitrogens with one attached hydrogen (secondary N) is 1. The Labute approximate surface area is 225 Å². The summed E-state index contributed by atoms with van der Waals surface area (Å²) in [5, 5.41) is 12.7. The van der Waals surface area contributed by atoms with E-state index in [0.29, 0.717) is 35.0 Å². The number of hydrogen-bond acceptors (Lipinski definition) is 6. The minimum atomic E-state index is -0.452. The van der Waals surface area contributed by atoms with Gasteiger partial charge in [-0.1, -0.05) is 32.6 Å². The highest BCUT2D eigenvalue weighted by molar-refractivity contribution is 5.97. The van der Waals surface area contributed by atoms with Gasteiger partial charge in [0.25, 0.3) is 5.91 Å². The number of hydrogen-bond donors (Lipinski definition) is 2. The van der Waals surface area contributed by atoms with E-state index in [-0.39, 0.29) is 36.9 Å². The maximum Gasteiger partial charge on any atom is 0.321 e. The molecule has 3 amide bonds. The van der Waals surface area contributed by atoms with Crippen molar-refractivity contribution in [2.75, 3.05) is 39.2 Å². The van der Waals surface area contributed by atoms with E-state index in [0.717, 1.165) is 6.42 Å². The van der Waals surface area contributed by atoms with Crippen LogP contribution >= 0.6 is 0 Å². The standard InChI is InChI=1S/C29H38N4O5/c1-19(2)8-7-9-22-14-25-27(30-15-22)38-26(20(3)16-33(28(25)35)21(4)18-34)17-32(5)29(36)31-23-10-12-24(37-6)13-11-23/h10-15,19-21,26,34H,8,16-18H2,1-6H3,(H,31,36)/t20-,21-,26+/m1/s1. The molecule has 0 aliphatic carbocycles. The Balaban J connectivity index is 1.84. The normalized spacial score (nSPS) is 17.8. The fraction of sp³-hybridized carbons (Fsp3) is 0.483. The van der Waals surface area contributed by atoms with Gasteiger partial charge in [-0.05, 0) is 43.2 Å². The van der Waals surface area contributed by atoms with E-state index in [1.54, 1.807) is 67.4 Å². The average Bonchev–Trinajstić information content (AvgIpc) is 2.90. The summed E-state index contributed by atoms with van der Waals surface area (Å²) in [7, 11) is 3.27. The lowest BCUT2D eigenvalue weighted by Gasteiger charge is -2.37. The summed E-state index contributed by atoms with van der Waals surface area (Å²) in [5.41, 5.74) is 1.56. The van der Waals surface area contributed by atoms with Crippen molar-refractivity contribution >= 4 is 17.6 Å². The molecule has 2 aromatic rings. The van der Waals surface area contributed by atoms with Gasteiger partial charge >= 0.3 is 6.03 Å². The minimum absolute atomic E-state index is 0.148. The first-order valence-corrected chi connectivity index (χ1v) is 12.9. The number of carbonyl (C=O) groups excluding carboxylic acids is 2. The predicted octanol–water partition coefficient (Wildman–Crippen LogP) is 3.87.